The lowest BCUT2D eigenvalue weighted by molar-refractivity contribution is 0.0761. The molecular weight excluding hydrogens is 164 g/mol. The van der Waals surface area contributed by atoms with Gasteiger partial charge in [-0.3, -0.25) is 9.80 Å². The van der Waals surface area contributed by atoms with Crippen LogP contribution in [0.4, 0.5) is 0 Å². The maximum atomic E-state index is 11.6. The van der Waals surface area contributed by atoms with Gasteiger partial charge < -0.3 is 0 Å². The average Bonchev–Trinajstić information content (AvgIpc) is 2.29. The first-order chi connectivity index (χ1) is 6.29. The van der Waals surface area contributed by atoms with Crippen LogP contribution in [0.1, 0.15) is 22.3 Å². The lowest BCUT2D eigenvalue weighted by Crippen LogP contribution is -2.37. The molecule has 0 aliphatic carbocycles. The van der Waals surface area contributed by atoms with Gasteiger partial charge in [0, 0.05) is 12.1 Å². The van der Waals surface area contributed by atoms with Gasteiger partial charge in [0.2, 0.25) is 0 Å². The molecule has 1 amide bonds. The van der Waals surface area contributed by atoms with Crippen LogP contribution in [0, 0.1) is 0 Å². The predicted octanol–water partition coefficient (Wildman–Crippen LogP) is 0.949. The van der Waals surface area contributed by atoms with Crippen LogP contribution in [-0.2, 0) is 6.42 Å². The zero-order valence-electron chi connectivity index (χ0n) is 7.36. The summed E-state index contributed by atoms with van der Waals surface area (Å²) in [7, 11) is 0. The molecule has 0 fully saturated rings. The molecule has 1 aromatic carbocycles. The number of carbonyl (C=O) groups is 1. The minimum Gasteiger partial charge on any atom is -0.277 e. The third-order valence-electron chi connectivity index (χ3n) is 2.35. The van der Waals surface area contributed by atoms with E-state index in [-0.39, 0.29) is 5.91 Å². The Morgan fingerprint density at radius 3 is 2.92 bits per heavy atom. The smallest absolute Gasteiger partial charge is 0.268 e. The van der Waals surface area contributed by atoms with Crippen molar-refractivity contribution in [3.05, 3.63) is 35.4 Å². The number of amides is 1. The summed E-state index contributed by atoms with van der Waals surface area (Å²) < 4.78 is 0. The maximum Gasteiger partial charge on any atom is 0.268 e. The molecular formula is C10H12N2O. The number of nitrogens with two attached hydrogens (primary N) is 1. The van der Waals surface area contributed by atoms with Gasteiger partial charge in [-0.05, 0) is 24.5 Å². The average molecular weight is 176 g/mol. The first kappa shape index (κ1) is 8.26. The van der Waals surface area contributed by atoms with Gasteiger partial charge in [-0.1, -0.05) is 18.2 Å². The minimum absolute atomic E-state index is 0.0619. The Hall–Kier alpha value is -1.35. The molecule has 3 nitrogen and oxygen atoms in total. The molecule has 1 aromatic rings. The second-order valence-corrected chi connectivity index (χ2v) is 3.26. The van der Waals surface area contributed by atoms with Gasteiger partial charge in [0.25, 0.3) is 5.91 Å². The van der Waals surface area contributed by atoms with E-state index in [0.717, 1.165) is 24.0 Å². The lowest BCUT2D eigenvalue weighted by atomic mass is 10.0. The largest absolute Gasteiger partial charge is 0.277 e. The zero-order valence-corrected chi connectivity index (χ0v) is 7.36. The molecule has 0 saturated heterocycles. The quantitative estimate of drug-likeness (QED) is 0.472. The summed E-state index contributed by atoms with van der Waals surface area (Å²) in [6.45, 7) is 0.646. The fraction of sp³-hybridized carbons (Fsp3) is 0.300. The first-order valence-corrected chi connectivity index (χ1v) is 4.43. The SMILES string of the molecule is NN1CCCc2ccccc2C1=O. The molecule has 1 aliphatic rings. The standard InChI is InChI=1S/C10H12N2O/c11-12-7-3-5-8-4-1-2-6-9(8)10(12)13/h1-2,4,6H,3,5,7,11H2. The molecule has 1 heterocycles. The number of hydrazine groups is 1. The van der Waals surface area contributed by atoms with E-state index >= 15 is 0 Å². The topological polar surface area (TPSA) is 46.3 Å². The normalized spacial score (nSPS) is 16.7. The number of hydrogen-bond acceptors (Lipinski definition) is 2. The van der Waals surface area contributed by atoms with Gasteiger partial charge in [0.1, 0.15) is 0 Å². The summed E-state index contributed by atoms with van der Waals surface area (Å²) in [5.41, 5.74) is 1.86. The molecule has 3 heteroatoms. The van der Waals surface area contributed by atoms with Gasteiger partial charge in [0.15, 0.2) is 0 Å². The van der Waals surface area contributed by atoms with Gasteiger partial charge >= 0.3 is 0 Å². The van der Waals surface area contributed by atoms with Crippen LogP contribution >= 0.6 is 0 Å². The van der Waals surface area contributed by atoms with Gasteiger partial charge in [-0.25, -0.2) is 5.84 Å². The van der Waals surface area contributed by atoms with Gasteiger partial charge in [-0.15, -0.1) is 0 Å². The molecule has 0 spiro atoms. The van der Waals surface area contributed by atoms with E-state index in [1.807, 2.05) is 24.3 Å². The first-order valence-electron chi connectivity index (χ1n) is 4.43. The Bertz CT molecular complexity index is 335. The summed E-state index contributed by atoms with van der Waals surface area (Å²) in [5, 5.41) is 1.30. The number of benzene rings is 1. The van der Waals surface area contributed by atoms with Gasteiger partial charge in [-0.2, -0.15) is 0 Å². The van der Waals surface area contributed by atoms with Crippen LogP contribution in [0.25, 0.3) is 0 Å². The van der Waals surface area contributed by atoms with Crippen molar-refractivity contribution in [2.75, 3.05) is 6.54 Å². The van der Waals surface area contributed by atoms with Crippen LogP contribution in [0.15, 0.2) is 24.3 Å². The maximum absolute atomic E-state index is 11.6. The highest BCUT2D eigenvalue weighted by atomic mass is 16.2. The Kier molecular flexibility index (Phi) is 2.02. The van der Waals surface area contributed by atoms with E-state index in [1.165, 1.54) is 5.01 Å². The molecule has 0 unspecified atom stereocenters. The highest BCUT2D eigenvalue weighted by molar-refractivity contribution is 5.95. The Labute approximate surface area is 77.1 Å². The van der Waals surface area contributed by atoms with E-state index in [2.05, 4.69) is 0 Å². The van der Waals surface area contributed by atoms with Crippen molar-refractivity contribution in [3.8, 4) is 0 Å². The molecule has 0 atom stereocenters. The van der Waals surface area contributed by atoms with Crippen LogP contribution in [0.5, 0.6) is 0 Å². The molecule has 0 saturated carbocycles. The van der Waals surface area contributed by atoms with Crippen LogP contribution in [0.2, 0.25) is 0 Å². The van der Waals surface area contributed by atoms with Crippen molar-refractivity contribution >= 4 is 5.91 Å². The number of nitrogens with zero attached hydrogens (tertiary/aromatic N) is 1. The third kappa shape index (κ3) is 1.42. The van der Waals surface area contributed by atoms with Gasteiger partial charge in [0.05, 0.1) is 0 Å². The highest BCUT2D eigenvalue weighted by Crippen LogP contribution is 2.16. The van der Waals surface area contributed by atoms with E-state index < -0.39 is 0 Å². The van der Waals surface area contributed by atoms with E-state index in [0.29, 0.717) is 6.54 Å². The Morgan fingerprint density at radius 1 is 1.31 bits per heavy atom. The number of aryl methyl sites for hydroxylation is 1. The molecule has 0 bridgehead atoms. The summed E-state index contributed by atoms with van der Waals surface area (Å²) in [5.74, 6) is 5.51. The van der Waals surface area contributed by atoms with Crippen molar-refractivity contribution in [2.45, 2.75) is 12.8 Å². The molecule has 1 aliphatic heterocycles. The van der Waals surface area contributed by atoms with Crippen molar-refractivity contribution < 1.29 is 4.79 Å². The van der Waals surface area contributed by atoms with Crippen molar-refractivity contribution in [3.63, 3.8) is 0 Å². The molecule has 2 N–H and O–H groups in total. The van der Waals surface area contributed by atoms with Crippen molar-refractivity contribution in [2.24, 2.45) is 5.84 Å². The predicted molar refractivity (Wildman–Crippen MR) is 50.0 cm³/mol. The van der Waals surface area contributed by atoms with Crippen LogP contribution < -0.4 is 5.84 Å². The molecule has 68 valence electrons. The van der Waals surface area contributed by atoms with E-state index in [4.69, 9.17) is 5.84 Å². The molecule has 13 heavy (non-hydrogen) atoms. The lowest BCUT2D eigenvalue weighted by Gasteiger charge is -2.12. The van der Waals surface area contributed by atoms with E-state index in [9.17, 15) is 4.79 Å². The highest BCUT2D eigenvalue weighted by Gasteiger charge is 2.18. The molecule has 0 aromatic heterocycles. The summed E-state index contributed by atoms with van der Waals surface area (Å²) in [6.07, 6.45) is 1.88. The number of rotatable bonds is 0. The van der Waals surface area contributed by atoms with Crippen molar-refractivity contribution in [1.82, 2.24) is 5.01 Å². The summed E-state index contributed by atoms with van der Waals surface area (Å²) in [6, 6.07) is 7.66. The monoisotopic (exact) mass is 176 g/mol. The number of fused-ring (bicyclic) bond motifs is 1. The van der Waals surface area contributed by atoms with Crippen LogP contribution in [-0.4, -0.2) is 17.5 Å². The number of hydrogen-bond donors (Lipinski definition) is 1. The third-order valence-corrected chi connectivity index (χ3v) is 2.35. The van der Waals surface area contributed by atoms with E-state index in [1.54, 1.807) is 0 Å². The molecule has 2 rings (SSSR count). The zero-order chi connectivity index (χ0) is 9.26. The Morgan fingerprint density at radius 2 is 2.08 bits per heavy atom. The fourth-order valence-electron chi connectivity index (χ4n) is 1.64. The van der Waals surface area contributed by atoms with Crippen LogP contribution in [0.3, 0.4) is 0 Å². The number of carbonyl (C=O) groups excluding carboxylic acids is 1. The summed E-state index contributed by atoms with van der Waals surface area (Å²) in [4.78, 5) is 11.6. The molecule has 0 radical (unpaired) electrons. The second-order valence-electron chi connectivity index (χ2n) is 3.26. The fourth-order valence-corrected chi connectivity index (χ4v) is 1.64. The second kappa shape index (κ2) is 3.18. The van der Waals surface area contributed by atoms with Crippen molar-refractivity contribution in [1.29, 1.82) is 0 Å². The minimum atomic E-state index is -0.0619. The summed E-state index contributed by atoms with van der Waals surface area (Å²) >= 11 is 0. The Balaban J connectivity index is 2.46.